The summed E-state index contributed by atoms with van der Waals surface area (Å²) in [5.74, 6) is -0.405. The van der Waals surface area contributed by atoms with Crippen LogP contribution < -0.4 is 11.1 Å². The van der Waals surface area contributed by atoms with Gasteiger partial charge in [-0.1, -0.05) is 63.6 Å². The number of primary amides is 1. The van der Waals surface area contributed by atoms with Crippen LogP contribution in [0, 0.1) is 0 Å². The summed E-state index contributed by atoms with van der Waals surface area (Å²) in [7, 11) is 0. The molecule has 0 saturated carbocycles. The van der Waals surface area contributed by atoms with Gasteiger partial charge < -0.3 is 16.2 Å². The summed E-state index contributed by atoms with van der Waals surface area (Å²) in [6.07, 6.45) is 13.4. The second-order valence-corrected chi connectivity index (χ2v) is 5.32. The van der Waals surface area contributed by atoms with Crippen LogP contribution in [0.15, 0.2) is 48.9 Å². The molecule has 0 aliphatic carbocycles. The van der Waals surface area contributed by atoms with Crippen molar-refractivity contribution in [3.05, 3.63) is 48.9 Å². The summed E-state index contributed by atoms with van der Waals surface area (Å²) >= 11 is 0. The SMILES string of the molecule is C=C/C=C(\C=C)CC/C=C(/F)CNCCCCCC.CC(N)=O.O=CO. The van der Waals surface area contributed by atoms with E-state index in [4.69, 9.17) is 9.90 Å². The van der Waals surface area contributed by atoms with Crippen molar-refractivity contribution in [2.75, 3.05) is 13.1 Å². The Hall–Kier alpha value is -2.21. The average molecular weight is 371 g/mol. The minimum absolute atomic E-state index is 0.0718. The predicted octanol–water partition coefficient (Wildman–Crippen LogP) is 4.28. The van der Waals surface area contributed by atoms with E-state index in [0.717, 1.165) is 25.0 Å². The molecule has 0 heterocycles. The summed E-state index contributed by atoms with van der Waals surface area (Å²) in [4.78, 5) is 17.6. The van der Waals surface area contributed by atoms with Crippen molar-refractivity contribution in [3.63, 3.8) is 0 Å². The molecule has 0 spiro atoms. The van der Waals surface area contributed by atoms with Gasteiger partial charge >= 0.3 is 0 Å². The summed E-state index contributed by atoms with van der Waals surface area (Å²) in [6, 6.07) is 0. The van der Waals surface area contributed by atoms with Crippen LogP contribution in [0.2, 0.25) is 0 Å². The molecule has 0 aromatic heterocycles. The molecule has 0 saturated heterocycles. The van der Waals surface area contributed by atoms with Crippen LogP contribution in [0.1, 0.15) is 52.4 Å². The van der Waals surface area contributed by atoms with Gasteiger partial charge in [-0.25, -0.2) is 4.39 Å². The number of carbonyl (C=O) groups is 2. The van der Waals surface area contributed by atoms with Crippen LogP contribution in [0.4, 0.5) is 4.39 Å². The third kappa shape index (κ3) is 33.4. The smallest absolute Gasteiger partial charge is 0.290 e. The van der Waals surface area contributed by atoms with E-state index in [-0.39, 0.29) is 18.2 Å². The third-order valence-electron chi connectivity index (χ3n) is 2.89. The van der Waals surface area contributed by atoms with Gasteiger partial charge in [-0.15, -0.1) is 0 Å². The summed E-state index contributed by atoms with van der Waals surface area (Å²) in [6.45, 7) is 11.8. The minimum atomic E-state index is -0.333. The maximum absolute atomic E-state index is 13.5. The molecule has 0 aromatic carbocycles. The van der Waals surface area contributed by atoms with Crippen LogP contribution in [0.25, 0.3) is 0 Å². The van der Waals surface area contributed by atoms with Gasteiger partial charge in [0.25, 0.3) is 6.47 Å². The lowest BCUT2D eigenvalue weighted by Gasteiger charge is -2.03. The number of hydrogen-bond acceptors (Lipinski definition) is 3. The van der Waals surface area contributed by atoms with Crippen molar-refractivity contribution in [3.8, 4) is 0 Å². The first-order chi connectivity index (χ1) is 12.4. The number of allylic oxidation sites excluding steroid dienone is 5. The Morgan fingerprint density at radius 1 is 1.27 bits per heavy atom. The van der Waals surface area contributed by atoms with Crippen LogP contribution in [-0.2, 0) is 9.59 Å². The van der Waals surface area contributed by atoms with E-state index in [0.29, 0.717) is 13.0 Å². The fourth-order valence-electron chi connectivity index (χ4n) is 1.76. The number of hydrogen-bond donors (Lipinski definition) is 3. The largest absolute Gasteiger partial charge is 0.483 e. The first kappa shape index (κ1) is 28.6. The molecule has 1 amide bonds. The number of rotatable bonds is 12. The highest BCUT2D eigenvalue weighted by Crippen LogP contribution is 2.09. The molecule has 0 radical (unpaired) electrons. The summed E-state index contributed by atoms with van der Waals surface area (Å²) in [5, 5.41) is 10.0. The number of nitrogens with one attached hydrogen (secondary N) is 1. The fraction of sp³-hybridized carbons (Fsp3) is 0.500. The molecular weight excluding hydrogens is 335 g/mol. The second kappa shape index (κ2) is 25.0. The molecule has 0 aliphatic heterocycles. The van der Waals surface area contributed by atoms with E-state index in [2.05, 4.69) is 31.1 Å². The Kier molecular flexibility index (Phi) is 27.5. The van der Waals surface area contributed by atoms with Crippen molar-refractivity contribution in [2.45, 2.75) is 52.4 Å². The summed E-state index contributed by atoms with van der Waals surface area (Å²) in [5.41, 5.74) is 5.56. The van der Waals surface area contributed by atoms with E-state index in [9.17, 15) is 9.18 Å². The van der Waals surface area contributed by atoms with Crippen molar-refractivity contribution >= 4 is 12.4 Å². The molecule has 0 fully saturated rings. The number of carbonyl (C=O) groups excluding carboxylic acids is 1. The van der Waals surface area contributed by atoms with Gasteiger partial charge in [0.15, 0.2) is 0 Å². The van der Waals surface area contributed by atoms with Crippen molar-refractivity contribution in [1.82, 2.24) is 5.32 Å². The Bertz CT molecular complexity index is 429. The number of amides is 1. The Morgan fingerprint density at radius 2 is 1.85 bits per heavy atom. The quantitative estimate of drug-likeness (QED) is 0.271. The molecule has 26 heavy (non-hydrogen) atoms. The number of nitrogens with two attached hydrogens (primary N) is 1. The average Bonchev–Trinajstić information content (AvgIpc) is 2.57. The van der Waals surface area contributed by atoms with E-state index in [1.807, 2.05) is 6.08 Å². The zero-order valence-electron chi connectivity index (χ0n) is 16.2. The van der Waals surface area contributed by atoms with Gasteiger partial charge in [0.1, 0.15) is 5.83 Å². The molecule has 0 unspecified atom stereocenters. The van der Waals surface area contributed by atoms with Crippen molar-refractivity contribution in [2.24, 2.45) is 5.73 Å². The normalized spacial score (nSPS) is 10.6. The first-order valence-corrected chi connectivity index (χ1v) is 8.72. The van der Waals surface area contributed by atoms with Gasteiger partial charge in [-0.3, -0.25) is 9.59 Å². The lowest BCUT2D eigenvalue weighted by atomic mass is 10.1. The second-order valence-electron chi connectivity index (χ2n) is 5.32. The van der Waals surface area contributed by atoms with E-state index < -0.39 is 0 Å². The molecule has 0 aromatic rings. The van der Waals surface area contributed by atoms with Crippen molar-refractivity contribution < 1.29 is 19.1 Å². The maximum Gasteiger partial charge on any atom is 0.290 e. The van der Waals surface area contributed by atoms with Gasteiger partial charge in [-0.05, 0) is 31.4 Å². The highest BCUT2D eigenvalue weighted by Gasteiger charge is 1.95. The Balaban J connectivity index is -0.000000643. The molecule has 6 heteroatoms. The maximum atomic E-state index is 13.5. The molecule has 5 nitrogen and oxygen atoms in total. The Morgan fingerprint density at radius 3 is 2.31 bits per heavy atom. The lowest BCUT2D eigenvalue weighted by molar-refractivity contribution is -0.123. The van der Waals surface area contributed by atoms with E-state index in [1.165, 1.54) is 26.2 Å². The van der Waals surface area contributed by atoms with Gasteiger partial charge in [0.2, 0.25) is 5.91 Å². The van der Waals surface area contributed by atoms with E-state index in [1.54, 1.807) is 18.2 Å². The van der Waals surface area contributed by atoms with Crippen LogP contribution in [0.3, 0.4) is 0 Å². The zero-order valence-corrected chi connectivity index (χ0v) is 16.2. The number of halogens is 1. The molecular formula is C20H35FN2O3. The van der Waals surface area contributed by atoms with Gasteiger partial charge in [-0.2, -0.15) is 0 Å². The van der Waals surface area contributed by atoms with Crippen LogP contribution >= 0.6 is 0 Å². The first-order valence-electron chi connectivity index (χ1n) is 8.72. The summed E-state index contributed by atoms with van der Waals surface area (Å²) < 4.78 is 13.5. The Labute approximate surface area is 157 Å². The highest BCUT2D eigenvalue weighted by molar-refractivity contribution is 5.70. The van der Waals surface area contributed by atoms with E-state index >= 15 is 0 Å². The third-order valence-corrected chi connectivity index (χ3v) is 2.89. The zero-order chi connectivity index (χ0) is 20.6. The molecule has 0 aliphatic rings. The van der Waals surface area contributed by atoms with Gasteiger partial charge in [0, 0.05) is 13.5 Å². The topological polar surface area (TPSA) is 92.4 Å². The van der Waals surface area contributed by atoms with Gasteiger partial charge in [0.05, 0.1) is 0 Å². The van der Waals surface area contributed by atoms with Crippen molar-refractivity contribution in [1.29, 1.82) is 0 Å². The fourth-order valence-corrected chi connectivity index (χ4v) is 1.76. The van der Waals surface area contributed by atoms with Crippen LogP contribution in [-0.4, -0.2) is 30.6 Å². The highest BCUT2D eigenvalue weighted by atomic mass is 19.1. The lowest BCUT2D eigenvalue weighted by Crippen LogP contribution is -2.17. The molecule has 0 rings (SSSR count). The van der Waals surface area contributed by atoms with Crippen LogP contribution in [0.5, 0.6) is 0 Å². The molecule has 0 atom stereocenters. The monoisotopic (exact) mass is 370 g/mol. The standard InChI is InChI=1S/C17H28FN.C2H5NO.CH2O2/c1-4-7-8-9-14-19-15-17(18)13-10-12-16(6-3)11-5-2;1-2(3)4;2-1-3/h5-6,11,13,19H,2-4,7-10,12,14-15H2,1H3;1H3,(H2,3,4);1H,(H,2,3)/b16-11+,17-13+;;. The number of carboxylic acid groups (broad SMARTS) is 1. The molecule has 0 bridgehead atoms. The number of unbranched alkanes of at least 4 members (excludes halogenated alkanes) is 3. The minimum Gasteiger partial charge on any atom is -0.483 e. The molecule has 4 N–H and O–H groups in total. The predicted molar refractivity (Wildman–Crippen MR) is 107 cm³/mol. The molecule has 150 valence electrons.